The highest BCUT2D eigenvalue weighted by Crippen LogP contribution is 2.30. The van der Waals surface area contributed by atoms with Crippen molar-refractivity contribution in [1.82, 2.24) is 0 Å². The van der Waals surface area contributed by atoms with E-state index in [0.717, 1.165) is 39.0 Å². The molecule has 0 heterocycles. The highest BCUT2D eigenvalue weighted by molar-refractivity contribution is 6.33. The van der Waals surface area contributed by atoms with Gasteiger partial charge in [0.15, 0.2) is 5.84 Å². The zero-order valence-electron chi connectivity index (χ0n) is 22.1. The third kappa shape index (κ3) is 8.25. The van der Waals surface area contributed by atoms with E-state index >= 15 is 0 Å². The van der Waals surface area contributed by atoms with E-state index in [4.69, 9.17) is 33.2 Å². The van der Waals surface area contributed by atoms with Crippen LogP contribution in [0, 0.1) is 6.92 Å². The van der Waals surface area contributed by atoms with Gasteiger partial charge in [-0.3, -0.25) is 4.99 Å². The summed E-state index contributed by atoms with van der Waals surface area (Å²) in [5.41, 5.74) is 8.21. The minimum atomic E-state index is 0.434. The molecular weight excluding hydrogens is 519 g/mol. The van der Waals surface area contributed by atoms with Crippen LogP contribution in [0.4, 0.5) is 0 Å². The van der Waals surface area contributed by atoms with Crippen molar-refractivity contribution in [3.05, 3.63) is 160 Å². The maximum Gasteiger partial charge on any atom is 0.154 e. The summed E-state index contributed by atoms with van der Waals surface area (Å²) in [5.74, 6) is 0.671. The molecule has 4 aromatic rings. The Morgan fingerprint density at radius 2 is 1.44 bits per heavy atom. The summed E-state index contributed by atoms with van der Waals surface area (Å²) in [4.78, 5) is 9.73. The molecule has 0 atom stereocenters. The van der Waals surface area contributed by atoms with E-state index in [1.807, 2.05) is 67.7 Å². The average molecular weight is 550 g/mol. The van der Waals surface area contributed by atoms with Gasteiger partial charge in [-0.1, -0.05) is 126 Å². The summed E-state index contributed by atoms with van der Waals surface area (Å²) >= 11 is 12.6. The van der Waals surface area contributed by atoms with Crippen molar-refractivity contribution in [1.29, 1.82) is 0 Å². The first-order valence-corrected chi connectivity index (χ1v) is 13.4. The second-order valence-corrected chi connectivity index (χ2v) is 10.2. The lowest BCUT2D eigenvalue weighted by Gasteiger charge is -2.11. The Bertz CT molecular complexity index is 1540. The molecule has 0 fully saturated rings. The predicted octanol–water partition coefficient (Wildman–Crippen LogP) is 10.0. The molecule has 0 amide bonds. The molecule has 0 N–H and O–H groups in total. The van der Waals surface area contributed by atoms with Gasteiger partial charge in [0.1, 0.15) is 0 Å². The molecule has 194 valence electrons. The van der Waals surface area contributed by atoms with Crippen LogP contribution >= 0.6 is 23.2 Å². The molecule has 0 bridgehead atoms. The Labute approximate surface area is 241 Å². The number of rotatable bonds is 8. The van der Waals surface area contributed by atoms with Gasteiger partial charge in [0.25, 0.3) is 0 Å². The van der Waals surface area contributed by atoms with Gasteiger partial charge in [-0.25, -0.2) is 4.99 Å². The smallest absolute Gasteiger partial charge is 0.154 e. The van der Waals surface area contributed by atoms with Crippen molar-refractivity contribution in [2.45, 2.75) is 20.4 Å². The number of aryl methyl sites for hydroxylation is 1. The topological polar surface area (TPSA) is 24.7 Å². The van der Waals surface area contributed by atoms with Gasteiger partial charge in [0, 0.05) is 21.8 Å². The van der Waals surface area contributed by atoms with Crippen LogP contribution in [0.25, 0.3) is 16.7 Å². The van der Waals surface area contributed by atoms with Gasteiger partial charge in [-0.2, -0.15) is 0 Å². The maximum absolute atomic E-state index is 6.54. The second-order valence-electron chi connectivity index (χ2n) is 9.19. The average Bonchev–Trinajstić information content (AvgIpc) is 2.94. The molecule has 0 aliphatic rings. The number of allylic oxidation sites excluding steroid dienone is 5. The summed E-state index contributed by atoms with van der Waals surface area (Å²) < 4.78 is 0. The predicted molar refractivity (Wildman–Crippen MR) is 170 cm³/mol. The Balaban J connectivity index is 1.79. The van der Waals surface area contributed by atoms with Crippen LogP contribution in [0.5, 0.6) is 0 Å². The van der Waals surface area contributed by atoms with Crippen LogP contribution in [0.2, 0.25) is 0 Å². The molecule has 0 radical (unpaired) electrons. The number of aliphatic imine (C=N–C) groups is 2. The quantitative estimate of drug-likeness (QED) is 0.119. The number of nitrogens with zero attached hydrogens (tertiary/aromatic N) is 2. The molecule has 39 heavy (non-hydrogen) atoms. The van der Waals surface area contributed by atoms with E-state index in [-0.39, 0.29) is 0 Å². The first-order chi connectivity index (χ1) is 18.9. The van der Waals surface area contributed by atoms with E-state index in [1.165, 1.54) is 5.56 Å². The number of amidine groups is 1. The molecule has 0 saturated carbocycles. The number of hydrogen-bond donors (Lipinski definition) is 0. The van der Waals surface area contributed by atoms with E-state index in [9.17, 15) is 0 Å². The Kier molecular flexibility index (Phi) is 9.85. The van der Waals surface area contributed by atoms with Gasteiger partial charge in [-0.15, -0.1) is 0 Å². The molecule has 0 aliphatic heterocycles. The Hall–Kier alpha value is -3.98. The van der Waals surface area contributed by atoms with Crippen LogP contribution in [0.1, 0.15) is 34.7 Å². The van der Waals surface area contributed by atoms with Crippen LogP contribution < -0.4 is 0 Å². The molecule has 0 spiro atoms. The SMILES string of the molecule is C=C(Cl)/C=C\C(=C(/C)Cl)c1cc(C=NC(=NCc2ccccc2)c2ccccc2)cc(-c2ccc(C)cc2)c1. The van der Waals surface area contributed by atoms with Crippen molar-refractivity contribution in [2.24, 2.45) is 9.98 Å². The van der Waals surface area contributed by atoms with Crippen LogP contribution in [0.3, 0.4) is 0 Å². The summed E-state index contributed by atoms with van der Waals surface area (Å²) in [6.07, 6.45) is 5.51. The molecule has 0 aromatic heterocycles. The lowest BCUT2D eigenvalue weighted by atomic mass is 9.95. The summed E-state index contributed by atoms with van der Waals surface area (Å²) in [6.45, 7) is 8.26. The van der Waals surface area contributed by atoms with Gasteiger partial charge < -0.3 is 0 Å². The molecule has 0 saturated heterocycles. The molecular formula is C35H30Cl2N2. The molecule has 2 nitrogen and oxygen atoms in total. The van der Waals surface area contributed by atoms with Crippen molar-refractivity contribution in [3.63, 3.8) is 0 Å². The van der Waals surface area contributed by atoms with Gasteiger partial charge in [-0.05, 0) is 71.5 Å². The van der Waals surface area contributed by atoms with E-state index in [1.54, 1.807) is 6.08 Å². The molecule has 0 aliphatic carbocycles. The van der Waals surface area contributed by atoms with Crippen LogP contribution in [-0.2, 0) is 6.54 Å². The van der Waals surface area contributed by atoms with E-state index < -0.39 is 0 Å². The molecule has 4 aromatic carbocycles. The Morgan fingerprint density at radius 1 is 0.769 bits per heavy atom. The fourth-order valence-corrected chi connectivity index (χ4v) is 4.29. The molecule has 4 heteroatoms. The Morgan fingerprint density at radius 3 is 2.08 bits per heavy atom. The van der Waals surface area contributed by atoms with Crippen LogP contribution in [0.15, 0.2) is 142 Å². The van der Waals surface area contributed by atoms with Crippen molar-refractivity contribution >= 4 is 40.8 Å². The monoisotopic (exact) mass is 548 g/mol. The van der Waals surface area contributed by atoms with Crippen molar-refractivity contribution < 1.29 is 0 Å². The lowest BCUT2D eigenvalue weighted by molar-refractivity contribution is 1.06. The van der Waals surface area contributed by atoms with Gasteiger partial charge in [0.05, 0.1) is 6.54 Å². The largest absolute Gasteiger partial charge is 0.261 e. The highest BCUT2D eigenvalue weighted by atomic mass is 35.5. The molecule has 0 unspecified atom stereocenters. The normalized spacial score (nSPS) is 12.7. The first-order valence-electron chi connectivity index (χ1n) is 12.7. The van der Waals surface area contributed by atoms with E-state index in [0.29, 0.717) is 22.4 Å². The third-order valence-corrected chi connectivity index (χ3v) is 6.40. The summed E-state index contributed by atoms with van der Waals surface area (Å²) in [7, 11) is 0. The minimum absolute atomic E-state index is 0.434. The number of halogens is 2. The minimum Gasteiger partial charge on any atom is -0.261 e. The van der Waals surface area contributed by atoms with Crippen LogP contribution in [-0.4, -0.2) is 12.1 Å². The van der Waals surface area contributed by atoms with Gasteiger partial charge in [0.2, 0.25) is 0 Å². The maximum atomic E-state index is 6.54. The fourth-order valence-electron chi connectivity index (χ4n) is 4.06. The number of benzene rings is 4. The van der Waals surface area contributed by atoms with Crippen molar-refractivity contribution in [2.75, 3.05) is 0 Å². The second kappa shape index (κ2) is 13.7. The zero-order valence-corrected chi connectivity index (χ0v) is 23.6. The third-order valence-electron chi connectivity index (χ3n) is 6.08. The fraction of sp³-hybridized carbons (Fsp3) is 0.0857. The molecule has 4 rings (SSSR count). The number of hydrogen-bond acceptors (Lipinski definition) is 1. The standard InChI is InChI=1S/C35H30Cl2N2/c1-25-14-17-30(18-15-25)32-20-29(21-33(22-32)34(27(3)37)19-16-26(2)36)24-39-35(31-12-8-5-9-13-31)38-23-28-10-6-4-7-11-28/h4-22,24H,2,23H2,1,3H3/b19-16-,34-27-,38-35?,39-24?. The summed E-state index contributed by atoms with van der Waals surface area (Å²) in [6, 6.07) is 35.0. The lowest BCUT2D eigenvalue weighted by Crippen LogP contribution is -2.00. The van der Waals surface area contributed by atoms with Crippen molar-refractivity contribution in [3.8, 4) is 11.1 Å². The summed E-state index contributed by atoms with van der Waals surface area (Å²) in [5, 5.41) is 1.09. The first kappa shape index (κ1) is 28.0. The zero-order chi connectivity index (χ0) is 27.6. The highest BCUT2D eigenvalue weighted by Gasteiger charge is 2.09. The van der Waals surface area contributed by atoms with E-state index in [2.05, 4.69) is 68.1 Å². The van der Waals surface area contributed by atoms with Gasteiger partial charge >= 0.3 is 0 Å².